The van der Waals surface area contributed by atoms with E-state index in [9.17, 15) is 13.2 Å². The van der Waals surface area contributed by atoms with E-state index in [1.807, 2.05) is 0 Å². The smallest absolute Gasteiger partial charge is 0.246 e. The summed E-state index contributed by atoms with van der Waals surface area (Å²) in [5.74, 6) is 2.01. The highest BCUT2D eigenvalue weighted by Crippen LogP contribution is 2.20. The first-order valence-corrected chi connectivity index (χ1v) is 7.86. The number of carbonyl (C=O) groups is 1. The van der Waals surface area contributed by atoms with Crippen molar-refractivity contribution < 1.29 is 13.2 Å². The van der Waals surface area contributed by atoms with Gasteiger partial charge >= 0.3 is 0 Å². The second-order valence-electron chi connectivity index (χ2n) is 4.47. The van der Waals surface area contributed by atoms with Crippen LogP contribution in [0.1, 0.15) is 6.92 Å². The zero-order valence-electron chi connectivity index (χ0n) is 11.8. The number of terminal acetylenes is 1. The Labute approximate surface area is 120 Å². The van der Waals surface area contributed by atoms with Crippen LogP contribution in [0.4, 0.5) is 5.69 Å². The first-order valence-electron chi connectivity index (χ1n) is 6.02. The van der Waals surface area contributed by atoms with Crippen LogP contribution in [-0.4, -0.2) is 45.1 Å². The molecular formula is C14H18N2O3S. The largest absolute Gasteiger partial charge is 0.333 e. The highest BCUT2D eigenvalue weighted by atomic mass is 32.2. The molecule has 5 nitrogen and oxygen atoms in total. The maximum atomic E-state index is 12.2. The number of para-hydroxylation sites is 1. The van der Waals surface area contributed by atoms with E-state index < -0.39 is 16.1 Å². The third-order valence-corrected chi connectivity index (χ3v) is 4.02. The van der Waals surface area contributed by atoms with Gasteiger partial charge in [-0.05, 0) is 19.1 Å². The molecule has 0 heterocycles. The Hall–Kier alpha value is -2.00. The number of nitrogens with zero attached hydrogens (tertiary/aromatic N) is 2. The SMILES string of the molecule is C#CCN(C)C(=O)[C@H](C)N(c1ccccc1)S(C)(=O)=O. The summed E-state index contributed by atoms with van der Waals surface area (Å²) >= 11 is 0. The van der Waals surface area contributed by atoms with Crippen molar-refractivity contribution in [1.29, 1.82) is 0 Å². The standard InChI is InChI=1S/C14H18N2O3S/c1-5-11-15(3)14(17)12(2)16(20(4,18)19)13-9-7-6-8-10-13/h1,6-10,12H,11H2,2-4H3/t12-/m0/s1. The van der Waals surface area contributed by atoms with Gasteiger partial charge in [0.25, 0.3) is 0 Å². The Balaban J connectivity index is 3.15. The summed E-state index contributed by atoms with van der Waals surface area (Å²) in [5, 5.41) is 0. The third-order valence-electron chi connectivity index (χ3n) is 2.78. The zero-order valence-corrected chi connectivity index (χ0v) is 12.6. The lowest BCUT2D eigenvalue weighted by molar-refractivity contribution is -0.130. The molecule has 0 N–H and O–H groups in total. The first-order chi connectivity index (χ1) is 9.29. The molecular weight excluding hydrogens is 276 g/mol. The Morgan fingerprint density at radius 1 is 1.35 bits per heavy atom. The van der Waals surface area contributed by atoms with E-state index in [4.69, 9.17) is 6.42 Å². The Bertz CT molecular complexity index is 605. The highest BCUT2D eigenvalue weighted by molar-refractivity contribution is 7.92. The summed E-state index contributed by atoms with van der Waals surface area (Å²) in [6.45, 7) is 1.68. The van der Waals surface area contributed by atoms with Gasteiger partial charge in [0.1, 0.15) is 6.04 Å². The van der Waals surface area contributed by atoms with Crippen molar-refractivity contribution in [2.75, 3.05) is 24.2 Å². The van der Waals surface area contributed by atoms with Crippen molar-refractivity contribution in [3.63, 3.8) is 0 Å². The first kappa shape index (κ1) is 16.1. The lowest BCUT2D eigenvalue weighted by Crippen LogP contribution is -2.48. The topological polar surface area (TPSA) is 57.7 Å². The molecule has 0 aliphatic carbocycles. The van der Waals surface area contributed by atoms with Crippen molar-refractivity contribution in [1.82, 2.24) is 4.90 Å². The minimum atomic E-state index is -3.58. The van der Waals surface area contributed by atoms with Gasteiger partial charge in [0.15, 0.2) is 0 Å². The van der Waals surface area contributed by atoms with Crippen LogP contribution in [0, 0.1) is 12.3 Å². The van der Waals surface area contributed by atoms with Gasteiger partial charge in [0.2, 0.25) is 15.9 Å². The molecule has 1 atom stereocenters. The molecule has 1 aromatic carbocycles. The number of benzene rings is 1. The van der Waals surface area contributed by atoms with Gasteiger partial charge in [-0.25, -0.2) is 8.42 Å². The molecule has 20 heavy (non-hydrogen) atoms. The van der Waals surface area contributed by atoms with Crippen LogP contribution >= 0.6 is 0 Å². The molecule has 0 bridgehead atoms. The van der Waals surface area contributed by atoms with E-state index in [1.165, 1.54) is 4.90 Å². The molecule has 6 heteroatoms. The van der Waals surface area contributed by atoms with Crippen LogP contribution in [0.25, 0.3) is 0 Å². The molecule has 0 saturated heterocycles. The van der Waals surface area contributed by atoms with Crippen molar-refractivity contribution >= 4 is 21.6 Å². The number of hydrogen-bond acceptors (Lipinski definition) is 3. The number of hydrogen-bond donors (Lipinski definition) is 0. The fourth-order valence-corrected chi connectivity index (χ4v) is 3.08. The number of sulfonamides is 1. The molecule has 0 aliphatic heterocycles. The maximum absolute atomic E-state index is 12.2. The van der Waals surface area contributed by atoms with Gasteiger partial charge in [-0.1, -0.05) is 24.1 Å². The van der Waals surface area contributed by atoms with Gasteiger partial charge in [-0.15, -0.1) is 6.42 Å². The summed E-state index contributed by atoms with van der Waals surface area (Å²) in [5.41, 5.74) is 0.449. The van der Waals surface area contributed by atoms with Crippen molar-refractivity contribution in [3.05, 3.63) is 30.3 Å². The molecule has 1 aromatic rings. The van der Waals surface area contributed by atoms with Crippen LogP contribution < -0.4 is 4.31 Å². The van der Waals surface area contributed by atoms with Crippen LogP contribution in [0.15, 0.2) is 30.3 Å². The molecule has 0 unspecified atom stereocenters. The van der Waals surface area contributed by atoms with Gasteiger partial charge < -0.3 is 4.90 Å². The average Bonchev–Trinajstić information content (AvgIpc) is 2.37. The average molecular weight is 294 g/mol. The van der Waals surface area contributed by atoms with Crippen molar-refractivity contribution in [2.45, 2.75) is 13.0 Å². The summed E-state index contributed by atoms with van der Waals surface area (Å²) in [7, 11) is -2.03. The van der Waals surface area contributed by atoms with Crippen LogP contribution in [0.5, 0.6) is 0 Å². The molecule has 108 valence electrons. The molecule has 1 rings (SSSR count). The van der Waals surface area contributed by atoms with Crippen molar-refractivity contribution in [2.24, 2.45) is 0 Å². The quantitative estimate of drug-likeness (QED) is 0.759. The van der Waals surface area contributed by atoms with E-state index >= 15 is 0 Å². The summed E-state index contributed by atoms with van der Waals surface area (Å²) in [4.78, 5) is 13.5. The van der Waals surface area contributed by atoms with E-state index in [0.717, 1.165) is 10.6 Å². The fourth-order valence-electron chi connectivity index (χ4n) is 1.91. The number of likely N-dealkylation sites (N-methyl/N-ethyl adjacent to an activating group) is 1. The fraction of sp³-hybridized carbons (Fsp3) is 0.357. The Morgan fingerprint density at radius 3 is 2.35 bits per heavy atom. The molecule has 0 fully saturated rings. The molecule has 0 saturated carbocycles. The highest BCUT2D eigenvalue weighted by Gasteiger charge is 2.30. The van der Waals surface area contributed by atoms with Crippen LogP contribution in [0.3, 0.4) is 0 Å². The summed E-state index contributed by atoms with van der Waals surface area (Å²) in [6.07, 6.45) is 6.24. The van der Waals surface area contributed by atoms with Gasteiger partial charge in [0, 0.05) is 7.05 Å². The monoisotopic (exact) mass is 294 g/mol. The predicted molar refractivity (Wildman–Crippen MR) is 79.7 cm³/mol. The molecule has 0 aromatic heterocycles. The molecule has 1 amide bonds. The number of rotatable bonds is 5. The normalized spacial score (nSPS) is 12.3. The summed E-state index contributed by atoms with van der Waals surface area (Å²) < 4.78 is 25.0. The third kappa shape index (κ3) is 3.75. The maximum Gasteiger partial charge on any atom is 0.246 e. The number of anilines is 1. The van der Waals surface area contributed by atoms with Gasteiger partial charge in [0.05, 0.1) is 18.5 Å². The van der Waals surface area contributed by atoms with E-state index in [0.29, 0.717) is 5.69 Å². The van der Waals surface area contributed by atoms with E-state index in [-0.39, 0.29) is 12.5 Å². The lowest BCUT2D eigenvalue weighted by Gasteiger charge is -2.30. The predicted octanol–water partition coefficient (Wildman–Crippen LogP) is 0.933. The minimum Gasteiger partial charge on any atom is -0.333 e. The lowest BCUT2D eigenvalue weighted by atomic mass is 10.2. The minimum absolute atomic E-state index is 0.134. The molecule has 0 radical (unpaired) electrons. The van der Waals surface area contributed by atoms with E-state index in [2.05, 4.69) is 5.92 Å². The number of carbonyl (C=O) groups excluding carboxylic acids is 1. The Kier molecular flexibility index (Phi) is 5.17. The Morgan fingerprint density at radius 2 is 1.90 bits per heavy atom. The van der Waals surface area contributed by atoms with Crippen LogP contribution in [0.2, 0.25) is 0 Å². The molecule has 0 aliphatic rings. The second kappa shape index (κ2) is 6.44. The number of amides is 1. The van der Waals surface area contributed by atoms with E-state index in [1.54, 1.807) is 44.3 Å². The second-order valence-corrected chi connectivity index (χ2v) is 6.33. The van der Waals surface area contributed by atoms with Crippen molar-refractivity contribution in [3.8, 4) is 12.3 Å². The zero-order chi connectivity index (χ0) is 15.3. The van der Waals surface area contributed by atoms with Gasteiger partial charge in [-0.2, -0.15) is 0 Å². The summed E-state index contributed by atoms with van der Waals surface area (Å²) in [6, 6.07) is 7.65. The molecule has 0 spiro atoms. The van der Waals surface area contributed by atoms with Gasteiger partial charge in [-0.3, -0.25) is 9.10 Å². The van der Waals surface area contributed by atoms with Crippen LogP contribution in [-0.2, 0) is 14.8 Å².